The molecule has 0 aliphatic carbocycles. The SMILES string of the molecule is COC(=O)c1sc(N2C(=O)C(=O)/C(=C(/O)c3ccc(OC)cc3C)[C@H]2c2ccc(O)cc2)nc1C. The number of ketones is 1. The number of thiazole rings is 1. The molecule has 180 valence electrons. The maximum absolute atomic E-state index is 13.3. The van der Waals surface area contributed by atoms with Gasteiger partial charge in [0.15, 0.2) is 5.13 Å². The van der Waals surface area contributed by atoms with Crippen molar-refractivity contribution in [2.45, 2.75) is 19.9 Å². The molecule has 2 heterocycles. The molecule has 0 unspecified atom stereocenters. The van der Waals surface area contributed by atoms with E-state index in [1.165, 1.54) is 26.4 Å². The zero-order valence-corrected chi connectivity index (χ0v) is 20.2. The molecule has 3 aromatic rings. The number of rotatable bonds is 5. The van der Waals surface area contributed by atoms with Crippen molar-refractivity contribution >= 4 is 39.9 Å². The van der Waals surface area contributed by atoms with Gasteiger partial charge in [0.25, 0.3) is 5.78 Å². The number of benzene rings is 2. The van der Waals surface area contributed by atoms with Crippen molar-refractivity contribution in [3.63, 3.8) is 0 Å². The van der Waals surface area contributed by atoms with E-state index in [1.54, 1.807) is 44.2 Å². The van der Waals surface area contributed by atoms with E-state index in [-0.39, 0.29) is 27.1 Å². The van der Waals surface area contributed by atoms with E-state index in [1.807, 2.05) is 0 Å². The van der Waals surface area contributed by atoms with Crippen molar-refractivity contribution < 1.29 is 34.1 Å². The van der Waals surface area contributed by atoms with Crippen LogP contribution < -0.4 is 9.64 Å². The van der Waals surface area contributed by atoms with E-state index >= 15 is 0 Å². The molecule has 0 bridgehead atoms. The Morgan fingerprint density at radius 3 is 2.37 bits per heavy atom. The van der Waals surface area contributed by atoms with Crippen LogP contribution in [0.25, 0.3) is 5.76 Å². The van der Waals surface area contributed by atoms with Crippen LogP contribution in [0.2, 0.25) is 0 Å². The highest BCUT2D eigenvalue weighted by molar-refractivity contribution is 7.17. The van der Waals surface area contributed by atoms with Crippen LogP contribution in [0.5, 0.6) is 11.5 Å². The molecule has 0 spiro atoms. The van der Waals surface area contributed by atoms with Crippen LogP contribution in [0, 0.1) is 13.8 Å². The first-order valence-corrected chi connectivity index (χ1v) is 11.3. The number of phenolic OH excluding ortho intramolecular Hbond substituents is 1. The van der Waals surface area contributed by atoms with Gasteiger partial charge in [0.05, 0.1) is 31.5 Å². The van der Waals surface area contributed by atoms with Gasteiger partial charge >= 0.3 is 11.9 Å². The highest BCUT2D eigenvalue weighted by Crippen LogP contribution is 2.44. The van der Waals surface area contributed by atoms with Gasteiger partial charge in [0.1, 0.15) is 22.1 Å². The van der Waals surface area contributed by atoms with E-state index < -0.39 is 23.7 Å². The molecular formula is C25H22N2O7S. The van der Waals surface area contributed by atoms with Crippen LogP contribution in [0.3, 0.4) is 0 Å². The van der Waals surface area contributed by atoms with E-state index in [0.717, 1.165) is 16.2 Å². The quantitative estimate of drug-likeness (QED) is 0.237. The lowest BCUT2D eigenvalue weighted by molar-refractivity contribution is -0.132. The van der Waals surface area contributed by atoms with E-state index in [9.17, 15) is 24.6 Å². The summed E-state index contributed by atoms with van der Waals surface area (Å²) in [6, 6.07) is 9.83. The number of phenols is 1. The van der Waals surface area contributed by atoms with Crippen LogP contribution in [-0.2, 0) is 14.3 Å². The summed E-state index contributed by atoms with van der Waals surface area (Å²) in [6.45, 7) is 3.34. The Hall–Kier alpha value is -4.18. The normalized spacial score (nSPS) is 17.0. The van der Waals surface area contributed by atoms with Gasteiger partial charge in [-0.25, -0.2) is 9.78 Å². The van der Waals surface area contributed by atoms with Crippen LogP contribution in [0.4, 0.5) is 5.13 Å². The number of Topliss-reactive ketones (excluding diaryl/α,β-unsaturated/α-hetero) is 1. The number of aliphatic hydroxyl groups is 1. The largest absolute Gasteiger partial charge is 0.508 e. The topological polar surface area (TPSA) is 126 Å². The monoisotopic (exact) mass is 494 g/mol. The third-order valence-corrected chi connectivity index (χ3v) is 6.84. The number of amides is 1. The van der Waals surface area contributed by atoms with E-state index in [0.29, 0.717) is 28.1 Å². The number of ether oxygens (including phenoxy) is 2. The number of esters is 1. The number of aliphatic hydroxyl groups excluding tert-OH is 1. The molecule has 10 heteroatoms. The molecule has 1 amide bonds. The molecule has 1 atom stereocenters. The number of aryl methyl sites for hydroxylation is 2. The molecule has 1 aliphatic rings. The number of nitrogens with zero attached hydrogens (tertiary/aromatic N) is 2. The molecule has 1 fully saturated rings. The minimum absolute atomic E-state index is 0.00484. The molecule has 0 saturated carbocycles. The molecule has 2 N–H and O–H groups in total. The number of hydrogen-bond donors (Lipinski definition) is 2. The smallest absolute Gasteiger partial charge is 0.350 e. The summed E-state index contributed by atoms with van der Waals surface area (Å²) in [7, 11) is 2.75. The van der Waals surface area contributed by atoms with Crippen molar-refractivity contribution in [3.05, 3.63) is 75.3 Å². The fraction of sp³-hybridized carbons (Fsp3) is 0.200. The molecular weight excluding hydrogens is 472 g/mol. The zero-order chi connectivity index (χ0) is 25.4. The molecule has 1 aliphatic heterocycles. The fourth-order valence-corrected chi connectivity index (χ4v) is 4.95. The number of methoxy groups -OCH3 is 2. The Balaban J connectivity index is 1.94. The van der Waals surface area contributed by atoms with Crippen molar-refractivity contribution in [1.82, 2.24) is 4.98 Å². The second kappa shape index (κ2) is 9.22. The van der Waals surface area contributed by atoms with Crippen LogP contribution in [-0.4, -0.2) is 47.1 Å². The van der Waals surface area contributed by atoms with Crippen LogP contribution in [0.1, 0.15) is 38.1 Å². The lowest BCUT2D eigenvalue weighted by Crippen LogP contribution is -2.29. The number of anilines is 1. The van der Waals surface area contributed by atoms with E-state index in [2.05, 4.69) is 4.98 Å². The Morgan fingerprint density at radius 2 is 1.77 bits per heavy atom. The van der Waals surface area contributed by atoms with Gasteiger partial charge in [-0.2, -0.15) is 0 Å². The Morgan fingerprint density at radius 1 is 1.09 bits per heavy atom. The summed E-state index contributed by atoms with van der Waals surface area (Å²) >= 11 is 0.912. The summed E-state index contributed by atoms with van der Waals surface area (Å²) < 4.78 is 10.0. The summed E-state index contributed by atoms with van der Waals surface area (Å²) in [5, 5.41) is 21.2. The minimum atomic E-state index is -1.05. The number of hydrogen-bond acceptors (Lipinski definition) is 9. The number of aromatic nitrogens is 1. The van der Waals surface area contributed by atoms with Gasteiger partial charge in [0.2, 0.25) is 0 Å². The number of aromatic hydroxyl groups is 1. The summed E-state index contributed by atoms with van der Waals surface area (Å²) in [5.41, 5.74) is 1.66. The minimum Gasteiger partial charge on any atom is -0.508 e. The van der Waals surface area contributed by atoms with Crippen molar-refractivity contribution in [1.29, 1.82) is 0 Å². The summed E-state index contributed by atoms with van der Waals surface area (Å²) in [5.74, 6) is -2.20. The first-order valence-electron chi connectivity index (χ1n) is 10.5. The van der Waals surface area contributed by atoms with Gasteiger partial charge in [-0.05, 0) is 55.3 Å². The molecule has 4 rings (SSSR count). The fourth-order valence-electron chi connectivity index (χ4n) is 3.94. The second-order valence-electron chi connectivity index (χ2n) is 7.84. The molecule has 0 radical (unpaired) electrons. The average molecular weight is 495 g/mol. The van der Waals surface area contributed by atoms with E-state index in [4.69, 9.17) is 9.47 Å². The standard InChI is InChI=1S/C25H22N2O7S/c1-12-11-16(33-3)9-10-17(12)20(29)18-19(14-5-7-15(28)8-6-14)27(23(31)21(18)30)25-26-13(2)22(35-25)24(32)34-4/h5-11,19,28-29H,1-4H3/b20-18+/t19-/m1/s1. The molecule has 1 saturated heterocycles. The highest BCUT2D eigenvalue weighted by atomic mass is 32.1. The van der Waals surface area contributed by atoms with Crippen LogP contribution >= 0.6 is 11.3 Å². The van der Waals surface area contributed by atoms with Gasteiger partial charge in [0, 0.05) is 5.56 Å². The van der Waals surface area contributed by atoms with Gasteiger partial charge < -0.3 is 19.7 Å². The Kier molecular flexibility index (Phi) is 6.31. The predicted octanol–water partition coefficient (Wildman–Crippen LogP) is 3.89. The summed E-state index contributed by atoms with van der Waals surface area (Å²) in [4.78, 5) is 44.4. The van der Waals surface area contributed by atoms with Crippen molar-refractivity contribution in [2.75, 3.05) is 19.1 Å². The lowest BCUT2D eigenvalue weighted by Gasteiger charge is -2.23. The van der Waals surface area contributed by atoms with Crippen molar-refractivity contribution in [3.8, 4) is 11.5 Å². The maximum atomic E-state index is 13.3. The lowest BCUT2D eigenvalue weighted by atomic mass is 9.94. The predicted molar refractivity (Wildman–Crippen MR) is 129 cm³/mol. The summed E-state index contributed by atoms with van der Waals surface area (Å²) in [6.07, 6.45) is 0. The molecule has 2 aromatic carbocycles. The third kappa shape index (κ3) is 4.12. The zero-order valence-electron chi connectivity index (χ0n) is 19.4. The molecule has 1 aromatic heterocycles. The maximum Gasteiger partial charge on any atom is 0.350 e. The number of carbonyl (C=O) groups excluding carboxylic acids is 3. The highest BCUT2D eigenvalue weighted by Gasteiger charge is 2.48. The average Bonchev–Trinajstić information content (AvgIpc) is 3.35. The van der Waals surface area contributed by atoms with Crippen molar-refractivity contribution in [2.24, 2.45) is 0 Å². The third-order valence-electron chi connectivity index (χ3n) is 5.70. The Labute approximate surface area is 204 Å². The first-order chi connectivity index (χ1) is 16.7. The Bertz CT molecular complexity index is 1370. The second-order valence-corrected chi connectivity index (χ2v) is 8.82. The number of carbonyl (C=O) groups is 3. The van der Waals surface area contributed by atoms with Gasteiger partial charge in [-0.3, -0.25) is 14.5 Å². The molecule has 9 nitrogen and oxygen atoms in total. The molecule has 35 heavy (non-hydrogen) atoms. The van der Waals surface area contributed by atoms with Crippen LogP contribution in [0.15, 0.2) is 48.0 Å². The van der Waals surface area contributed by atoms with Gasteiger partial charge in [-0.1, -0.05) is 23.5 Å². The van der Waals surface area contributed by atoms with Gasteiger partial charge in [-0.15, -0.1) is 0 Å². The first kappa shape index (κ1) is 24.0.